The van der Waals surface area contributed by atoms with Crippen molar-refractivity contribution in [3.8, 4) is 0 Å². The number of nitrogens with two attached hydrogens (primary N) is 1. The molecule has 1 heterocycles. The van der Waals surface area contributed by atoms with E-state index in [4.69, 9.17) is 5.73 Å². The Bertz CT molecular complexity index is 537. The molecule has 0 bridgehead atoms. The van der Waals surface area contributed by atoms with Crippen molar-refractivity contribution < 1.29 is 0 Å². The first-order valence-corrected chi connectivity index (χ1v) is 6.63. The molecular weight excluding hydrogens is 236 g/mol. The van der Waals surface area contributed by atoms with Crippen LogP contribution in [0.15, 0.2) is 36.7 Å². The predicted octanol–water partition coefficient (Wildman–Crippen LogP) is 3.19. The van der Waals surface area contributed by atoms with Crippen LogP contribution in [-0.4, -0.2) is 9.97 Å². The molecule has 0 aliphatic carbocycles. The fraction of sp³-hybridized carbons (Fsp3) is 0.333. The molecule has 0 fully saturated rings. The summed E-state index contributed by atoms with van der Waals surface area (Å²) in [7, 11) is 0. The lowest BCUT2D eigenvalue weighted by molar-refractivity contribution is 0.820. The Morgan fingerprint density at radius 1 is 1.26 bits per heavy atom. The first-order chi connectivity index (χ1) is 9.20. The van der Waals surface area contributed by atoms with Crippen LogP contribution in [0.3, 0.4) is 0 Å². The number of benzene rings is 1. The van der Waals surface area contributed by atoms with Crippen molar-refractivity contribution in [2.75, 3.05) is 5.32 Å². The number of aryl methyl sites for hydroxylation is 1. The zero-order chi connectivity index (χ0) is 13.7. The highest BCUT2D eigenvalue weighted by Gasteiger charge is 2.07. The molecule has 0 saturated heterocycles. The monoisotopic (exact) mass is 256 g/mol. The first-order valence-electron chi connectivity index (χ1n) is 6.63. The van der Waals surface area contributed by atoms with Gasteiger partial charge in [0.05, 0.1) is 0 Å². The van der Waals surface area contributed by atoms with Gasteiger partial charge in [-0.05, 0) is 25.0 Å². The van der Waals surface area contributed by atoms with Crippen molar-refractivity contribution in [1.82, 2.24) is 9.97 Å². The van der Waals surface area contributed by atoms with Gasteiger partial charge in [0.2, 0.25) is 0 Å². The number of anilines is 2. The molecule has 1 aromatic heterocycles. The summed E-state index contributed by atoms with van der Waals surface area (Å²) >= 11 is 0. The van der Waals surface area contributed by atoms with Crippen LogP contribution in [0, 0.1) is 0 Å². The van der Waals surface area contributed by atoms with Gasteiger partial charge in [0.25, 0.3) is 0 Å². The van der Waals surface area contributed by atoms with Crippen LogP contribution >= 0.6 is 0 Å². The number of aromatic nitrogens is 2. The number of para-hydroxylation sites is 1. The highest BCUT2D eigenvalue weighted by molar-refractivity contribution is 5.61. The lowest BCUT2D eigenvalue weighted by Crippen LogP contribution is -2.08. The second kappa shape index (κ2) is 6.29. The van der Waals surface area contributed by atoms with Gasteiger partial charge >= 0.3 is 0 Å². The number of rotatable bonds is 5. The second-order valence-corrected chi connectivity index (χ2v) is 4.65. The van der Waals surface area contributed by atoms with Crippen molar-refractivity contribution in [3.63, 3.8) is 0 Å². The lowest BCUT2D eigenvalue weighted by atomic mass is 10.1. The molecule has 2 rings (SSSR count). The summed E-state index contributed by atoms with van der Waals surface area (Å²) in [6.45, 7) is 4.11. The molecule has 100 valence electrons. The van der Waals surface area contributed by atoms with E-state index in [1.807, 2.05) is 37.3 Å². The van der Waals surface area contributed by atoms with Crippen molar-refractivity contribution in [2.24, 2.45) is 5.73 Å². The van der Waals surface area contributed by atoms with Crippen molar-refractivity contribution in [2.45, 2.75) is 32.7 Å². The van der Waals surface area contributed by atoms with Gasteiger partial charge in [0, 0.05) is 23.5 Å². The summed E-state index contributed by atoms with van der Waals surface area (Å²) in [5.74, 6) is 0.812. The summed E-state index contributed by atoms with van der Waals surface area (Å²) in [6, 6.07) is 10.00. The van der Waals surface area contributed by atoms with Gasteiger partial charge in [-0.2, -0.15) is 0 Å². The smallest absolute Gasteiger partial charge is 0.133 e. The zero-order valence-corrected chi connectivity index (χ0v) is 11.4. The van der Waals surface area contributed by atoms with E-state index in [1.165, 1.54) is 0 Å². The topological polar surface area (TPSA) is 63.8 Å². The van der Waals surface area contributed by atoms with E-state index in [-0.39, 0.29) is 6.04 Å². The van der Waals surface area contributed by atoms with Gasteiger partial charge in [-0.3, -0.25) is 0 Å². The van der Waals surface area contributed by atoms with Gasteiger partial charge in [-0.25, -0.2) is 9.97 Å². The third-order valence-electron chi connectivity index (χ3n) is 2.94. The average molecular weight is 256 g/mol. The van der Waals surface area contributed by atoms with Gasteiger partial charge in [-0.1, -0.05) is 31.5 Å². The SMILES string of the molecule is CCCc1cc(Nc2ccccc2C(C)N)ncn1. The van der Waals surface area contributed by atoms with Crippen LogP contribution in [-0.2, 0) is 6.42 Å². The third kappa shape index (κ3) is 3.51. The minimum atomic E-state index is -0.0133. The van der Waals surface area contributed by atoms with E-state index < -0.39 is 0 Å². The van der Waals surface area contributed by atoms with E-state index in [1.54, 1.807) is 6.33 Å². The largest absolute Gasteiger partial charge is 0.340 e. The molecule has 4 heteroatoms. The second-order valence-electron chi connectivity index (χ2n) is 4.65. The maximum absolute atomic E-state index is 5.97. The first kappa shape index (κ1) is 13.5. The predicted molar refractivity (Wildman–Crippen MR) is 78.4 cm³/mol. The number of hydrogen-bond acceptors (Lipinski definition) is 4. The van der Waals surface area contributed by atoms with Gasteiger partial charge in [0.1, 0.15) is 12.1 Å². The summed E-state index contributed by atoms with van der Waals surface area (Å²) < 4.78 is 0. The van der Waals surface area contributed by atoms with Crippen molar-refractivity contribution in [3.05, 3.63) is 47.9 Å². The van der Waals surface area contributed by atoms with Gasteiger partial charge < -0.3 is 11.1 Å². The quantitative estimate of drug-likeness (QED) is 0.862. The van der Waals surface area contributed by atoms with Crippen LogP contribution in [0.4, 0.5) is 11.5 Å². The average Bonchev–Trinajstić information content (AvgIpc) is 2.40. The van der Waals surface area contributed by atoms with Crippen LogP contribution in [0.2, 0.25) is 0 Å². The molecule has 0 aliphatic heterocycles. The highest BCUT2D eigenvalue weighted by Crippen LogP contribution is 2.23. The highest BCUT2D eigenvalue weighted by atomic mass is 15.0. The molecule has 3 N–H and O–H groups in total. The molecule has 0 radical (unpaired) electrons. The number of nitrogens with one attached hydrogen (secondary N) is 1. The van der Waals surface area contributed by atoms with Crippen LogP contribution in [0.1, 0.15) is 37.6 Å². The normalized spacial score (nSPS) is 12.2. The minimum Gasteiger partial charge on any atom is -0.340 e. The third-order valence-corrected chi connectivity index (χ3v) is 2.94. The molecule has 0 aliphatic rings. The number of nitrogens with zero attached hydrogens (tertiary/aromatic N) is 2. The maximum Gasteiger partial charge on any atom is 0.133 e. The van der Waals surface area contributed by atoms with Gasteiger partial charge in [-0.15, -0.1) is 0 Å². The summed E-state index contributed by atoms with van der Waals surface area (Å²) in [5, 5.41) is 3.32. The summed E-state index contributed by atoms with van der Waals surface area (Å²) in [5.41, 5.74) is 9.11. The van der Waals surface area contributed by atoms with Gasteiger partial charge in [0.15, 0.2) is 0 Å². The van der Waals surface area contributed by atoms with Crippen LogP contribution < -0.4 is 11.1 Å². The van der Waals surface area contributed by atoms with E-state index in [0.717, 1.165) is 35.6 Å². The fourth-order valence-electron chi connectivity index (χ4n) is 2.00. The molecular formula is C15H20N4. The Kier molecular flexibility index (Phi) is 4.47. The van der Waals surface area contributed by atoms with Crippen LogP contribution in [0.5, 0.6) is 0 Å². The molecule has 19 heavy (non-hydrogen) atoms. The Morgan fingerprint density at radius 2 is 2.05 bits per heavy atom. The zero-order valence-electron chi connectivity index (χ0n) is 11.4. The van der Waals surface area contributed by atoms with E-state index in [9.17, 15) is 0 Å². The molecule has 0 spiro atoms. The summed E-state index contributed by atoms with van der Waals surface area (Å²) in [4.78, 5) is 8.51. The summed E-state index contributed by atoms with van der Waals surface area (Å²) in [6.07, 6.45) is 3.64. The Labute approximate surface area is 114 Å². The molecule has 1 unspecified atom stereocenters. The Balaban J connectivity index is 2.23. The minimum absolute atomic E-state index is 0.0133. The lowest BCUT2D eigenvalue weighted by Gasteiger charge is -2.14. The Morgan fingerprint density at radius 3 is 2.79 bits per heavy atom. The van der Waals surface area contributed by atoms with E-state index >= 15 is 0 Å². The maximum atomic E-state index is 5.97. The Hall–Kier alpha value is -1.94. The molecule has 1 atom stereocenters. The van der Waals surface area contributed by atoms with Crippen molar-refractivity contribution >= 4 is 11.5 Å². The number of hydrogen-bond donors (Lipinski definition) is 2. The fourth-order valence-corrected chi connectivity index (χ4v) is 2.00. The standard InChI is InChI=1S/C15H20N4/c1-3-6-12-9-15(18-10-17-12)19-14-8-5-4-7-13(14)11(2)16/h4-5,7-11H,3,6,16H2,1-2H3,(H,17,18,19). The van der Waals surface area contributed by atoms with Crippen LogP contribution in [0.25, 0.3) is 0 Å². The molecule has 0 saturated carbocycles. The van der Waals surface area contributed by atoms with E-state index in [2.05, 4.69) is 22.2 Å². The van der Waals surface area contributed by atoms with Crippen molar-refractivity contribution in [1.29, 1.82) is 0 Å². The van der Waals surface area contributed by atoms with E-state index in [0.29, 0.717) is 0 Å². The molecule has 0 amide bonds. The molecule has 1 aromatic carbocycles. The molecule has 4 nitrogen and oxygen atoms in total. The molecule has 2 aromatic rings.